The van der Waals surface area contributed by atoms with E-state index in [1.807, 2.05) is 0 Å². The Labute approximate surface area is 106 Å². The minimum absolute atomic E-state index is 0.0254. The molecule has 2 rings (SSSR count). The van der Waals surface area contributed by atoms with Crippen LogP contribution in [0.5, 0.6) is 0 Å². The Kier molecular flexibility index (Phi) is 4.83. The Morgan fingerprint density at radius 2 is 1.88 bits per heavy atom. The standard InChI is InChI=1S/C14H28N2O/c1-3-12(2)16-9-7-15(8-10-16)11-13-5-4-6-14(13)17/h12-14,17H,3-11H2,1-2H3. The molecule has 2 fully saturated rings. The van der Waals surface area contributed by atoms with Gasteiger partial charge in [-0.2, -0.15) is 0 Å². The molecule has 1 saturated heterocycles. The first kappa shape index (κ1) is 13.3. The number of aliphatic hydroxyl groups is 1. The van der Waals surface area contributed by atoms with Crippen LogP contribution in [0.2, 0.25) is 0 Å². The van der Waals surface area contributed by atoms with Gasteiger partial charge in [0, 0.05) is 38.8 Å². The maximum atomic E-state index is 9.86. The second-order valence-corrected chi connectivity index (χ2v) is 5.85. The van der Waals surface area contributed by atoms with Gasteiger partial charge in [0.15, 0.2) is 0 Å². The summed E-state index contributed by atoms with van der Waals surface area (Å²) in [6.07, 6.45) is 4.70. The van der Waals surface area contributed by atoms with Gasteiger partial charge in [0.1, 0.15) is 0 Å². The average Bonchev–Trinajstić information content (AvgIpc) is 2.75. The van der Waals surface area contributed by atoms with Crippen LogP contribution in [0.3, 0.4) is 0 Å². The molecule has 17 heavy (non-hydrogen) atoms. The Morgan fingerprint density at radius 1 is 1.18 bits per heavy atom. The van der Waals surface area contributed by atoms with E-state index in [4.69, 9.17) is 0 Å². The first-order valence-corrected chi connectivity index (χ1v) is 7.35. The van der Waals surface area contributed by atoms with Gasteiger partial charge >= 0.3 is 0 Å². The smallest absolute Gasteiger partial charge is 0.0580 e. The van der Waals surface area contributed by atoms with Gasteiger partial charge in [-0.3, -0.25) is 4.90 Å². The highest BCUT2D eigenvalue weighted by atomic mass is 16.3. The average molecular weight is 240 g/mol. The SMILES string of the molecule is CCC(C)N1CCN(CC2CCCC2O)CC1. The van der Waals surface area contributed by atoms with Gasteiger partial charge in [-0.05, 0) is 32.1 Å². The Morgan fingerprint density at radius 3 is 2.41 bits per heavy atom. The quantitative estimate of drug-likeness (QED) is 0.808. The fourth-order valence-electron chi connectivity index (χ4n) is 3.21. The summed E-state index contributed by atoms with van der Waals surface area (Å²) in [6, 6.07) is 0.731. The van der Waals surface area contributed by atoms with Crippen molar-refractivity contribution >= 4 is 0 Å². The van der Waals surface area contributed by atoms with Crippen LogP contribution in [0.15, 0.2) is 0 Å². The fourth-order valence-corrected chi connectivity index (χ4v) is 3.21. The van der Waals surface area contributed by atoms with Crippen LogP contribution < -0.4 is 0 Å². The van der Waals surface area contributed by atoms with Gasteiger partial charge in [-0.1, -0.05) is 13.3 Å². The first-order chi connectivity index (χ1) is 8.20. The molecule has 0 aromatic heterocycles. The van der Waals surface area contributed by atoms with Gasteiger partial charge < -0.3 is 10.0 Å². The molecule has 1 saturated carbocycles. The van der Waals surface area contributed by atoms with E-state index in [2.05, 4.69) is 23.6 Å². The summed E-state index contributed by atoms with van der Waals surface area (Å²) in [5.74, 6) is 0.546. The van der Waals surface area contributed by atoms with E-state index in [-0.39, 0.29) is 6.10 Å². The highest BCUT2D eigenvalue weighted by Gasteiger charge is 2.28. The molecular weight excluding hydrogens is 212 g/mol. The normalized spacial score (nSPS) is 34.1. The van der Waals surface area contributed by atoms with Gasteiger partial charge in [-0.25, -0.2) is 0 Å². The molecule has 3 nitrogen and oxygen atoms in total. The zero-order chi connectivity index (χ0) is 12.3. The van der Waals surface area contributed by atoms with Crippen molar-refractivity contribution in [1.82, 2.24) is 9.80 Å². The third kappa shape index (κ3) is 3.43. The molecule has 1 N–H and O–H groups in total. The topological polar surface area (TPSA) is 26.7 Å². The Bertz CT molecular complexity index is 226. The van der Waals surface area contributed by atoms with E-state index in [0.29, 0.717) is 5.92 Å². The molecule has 3 atom stereocenters. The summed E-state index contributed by atoms with van der Waals surface area (Å²) >= 11 is 0. The lowest BCUT2D eigenvalue weighted by Gasteiger charge is -2.39. The molecule has 1 heterocycles. The van der Waals surface area contributed by atoms with Crippen molar-refractivity contribution in [3.63, 3.8) is 0 Å². The molecule has 0 bridgehead atoms. The summed E-state index contributed by atoms with van der Waals surface area (Å²) < 4.78 is 0. The summed E-state index contributed by atoms with van der Waals surface area (Å²) in [4.78, 5) is 5.15. The van der Waals surface area contributed by atoms with E-state index < -0.39 is 0 Å². The molecular formula is C14H28N2O. The van der Waals surface area contributed by atoms with E-state index in [0.717, 1.165) is 19.0 Å². The summed E-state index contributed by atoms with van der Waals surface area (Å²) in [7, 11) is 0. The van der Waals surface area contributed by atoms with Crippen LogP contribution in [-0.2, 0) is 0 Å². The lowest BCUT2D eigenvalue weighted by atomic mass is 10.0. The van der Waals surface area contributed by atoms with Crippen LogP contribution in [0.1, 0.15) is 39.5 Å². The second-order valence-electron chi connectivity index (χ2n) is 5.85. The van der Waals surface area contributed by atoms with Crippen molar-refractivity contribution < 1.29 is 5.11 Å². The number of piperazine rings is 1. The van der Waals surface area contributed by atoms with E-state index in [9.17, 15) is 5.11 Å². The predicted octanol–water partition coefficient (Wildman–Crippen LogP) is 1.56. The van der Waals surface area contributed by atoms with Crippen molar-refractivity contribution in [1.29, 1.82) is 0 Å². The second kappa shape index (κ2) is 6.17. The third-order valence-electron chi connectivity index (χ3n) is 4.73. The number of aliphatic hydroxyl groups excluding tert-OH is 1. The summed E-state index contributed by atoms with van der Waals surface area (Å²) in [5.41, 5.74) is 0. The number of nitrogens with zero attached hydrogens (tertiary/aromatic N) is 2. The summed E-state index contributed by atoms with van der Waals surface area (Å²) in [5, 5.41) is 9.86. The van der Waals surface area contributed by atoms with Crippen LogP contribution in [0.4, 0.5) is 0 Å². The molecule has 2 aliphatic rings. The largest absolute Gasteiger partial charge is 0.393 e. The van der Waals surface area contributed by atoms with E-state index in [1.54, 1.807) is 0 Å². The Hall–Kier alpha value is -0.120. The molecule has 3 heteroatoms. The molecule has 100 valence electrons. The maximum absolute atomic E-state index is 9.86. The fraction of sp³-hybridized carbons (Fsp3) is 1.00. The zero-order valence-corrected chi connectivity index (χ0v) is 11.4. The molecule has 0 radical (unpaired) electrons. The van der Waals surface area contributed by atoms with Gasteiger partial charge in [0.05, 0.1) is 6.10 Å². The minimum Gasteiger partial charge on any atom is -0.393 e. The molecule has 3 unspecified atom stereocenters. The number of rotatable bonds is 4. The minimum atomic E-state index is -0.0254. The maximum Gasteiger partial charge on any atom is 0.0580 e. The van der Waals surface area contributed by atoms with Crippen molar-refractivity contribution in [2.75, 3.05) is 32.7 Å². The van der Waals surface area contributed by atoms with Crippen molar-refractivity contribution in [2.24, 2.45) is 5.92 Å². The molecule has 0 aromatic rings. The molecule has 1 aliphatic heterocycles. The first-order valence-electron chi connectivity index (χ1n) is 7.35. The van der Waals surface area contributed by atoms with Gasteiger partial charge in [-0.15, -0.1) is 0 Å². The third-order valence-corrected chi connectivity index (χ3v) is 4.73. The van der Waals surface area contributed by atoms with Crippen LogP contribution >= 0.6 is 0 Å². The highest BCUT2D eigenvalue weighted by molar-refractivity contribution is 4.82. The molecule has 0 amide bonds. The zero-order valence-electron chi connectivity index (χ0n) is 11.4. The summed E-state index contributed by atoms with van der Waals surface area (Å²) in [6.45, 7) is 10.5. The highest BCUT2D eigenvalue weighted by Crippen LogP contribution is 2.26. The molecule has 0 aromatic carbocycles. The number of hydrogen-bond donors (Lipinski definition) is 1. The van der Waals surface area contributed by atoms with Gasteiger partial charge in [0.2, 0.25) is 0 Å². The van der Waals surface area contributed by atoms with Crippen LogP contribution in [-0.4, -0.2) is 59.8 Å². The molecule has 0 spiro atoms. The van der Waals surface area contributed by atoms with Crippen molar-refractivity contribution in [3.8, 4) is 0 Å². The Balaban J connectivity index is 1.72. The number of hydrogen-bond acceptors (Lipinski definition) is 3. The predicted molar refractivity (Wildman–Crippen MR) is 71.1 cm³/mol. The van der Waals surface area contributed by atoms with Crippen molar-refractivity contribution in [2.45, 2.75) is 51.7 Å². The van der Waals surface area contributed by atoms with Crippen molar-refractivity contribution in [3.05, 3.63) is 0 Å². The van der Waals surface area contributed by atoms with E-state index >= 15 is 0 Å². The lowest BCUT2D eigenvalue weighted by molar-refractivity contribution is 0.0614. The van der Waals surface area contributed by atoms with Gasteiger partial charge in [0.25, 0.3) is 0 Å². The monoisotopic (exact) mass is 240 g/mol. The van der Waals surface area contributed by atoms with E-state index in [1.165, 1.54) is 45.4 Å². The van der Waals surface area contributed by atoms with Crippen LogP contribution in [0.25, 0.3) is 0 Å². The van der Waals surface area contributed by atoms with Crippen LogP contribution in [0, 0.1) is 5.92 Å². The molecule has 1 aliphatic carbocycles. The lowest BCUT2D eigenvalue weighted by Crippen LogP contribution is -2.50.